The van der Waals surface area contributed by atoms with Crippen LogP contribution in [0.25, 0.3) is 0 Å². The van der Waals surface area contributed by atoms with Crippen molar-refractivity contribution in [3.63, 3.8) is 0 Å². The van der Waals surface area contributed by atoms with Gasteiger partial charge in [-0.1, -0.05) is 11.6 Å². The van der Waals surface area contributed by atoms with Gasteiger partial charge in [0.2, 0.25) is 10.0 Å². The summed E-state index contributed by atoms with van der Waals surface area (Å²) in [6, 6.07) is 4.88. The van der Waals surface area contributed by atoms with E-state index in [-0.39, 0.29) is 10.9 Å². The Bertz CT molecular complexity index is 637. The molecular weight excluding hydrogens is 364 g/mol. The third-order valence-corrected chi connectivity index (χ3v) is 7.47. The molecule has 1 aliphatic heterocycles. The predicted molar refractivity (Wildman–Crippen MR) is 82.1 cm³/mol. The quantitative estimate of drug-likeness (QED) is 0.858. The molecule has 1 saturated carbocycles. The van der Waals surface area contributed by atoms with E-state index in [0.29, 0.717) is 34.4 Å². The van der Waals surface area contributed by atoms with Gasteiger partial charge in [-0.15, -0.1) is 0 Å². The summed E-state index contributed by atoms with van der Waals surface area (Å²) in [5.41, 5.74) is 6.06. The first-order valence-electron chi connectivity index (χ1n) is 6.60. The van der Waals surface area contributed by atoms with Crippen LogP contribution >= 0.6 is 27.5 Å². The first-order valence-corrected chi connectivity index (χ1v) is 9.21. The van der Waals surface area contributed by atoms with Crippen molar-refractivity contribution in [3.05, 3.63) is 27.7 Å². The van der Waals surface area contributed by atoms with Gasteiger partial charge in [0.1, 0.15) is 0 Å². The maximum atomic E-state index is 12.6. The molecule has 0 radical (unpaired) electrons. The van der Waals surface area contributed by atoms with Crippen LogP contribution in [0.1, 0.15) is 12.8 Å². The van der Waals surface area contributed by atoms with E-state index in [1.54, 1.807) is 16.4 Å². The molecule has 0 amide bonds. The second-order valence-electron chi connectivity index (χ2n) is 5.56. The summed E-state index contributed by atoms with van der Waals surface area (Å²) in [6.07, 6.45) is 2.03. The highest BCUT2D eigenvalue weighted by Gasteiger charge is 2.45. The van der Waals surface area contributed by atoms with Gasteiger partial charge in [-0.05, 0) is 58.8 Å². The Hall–Kier alpha value is -0.140. The number of halogens is 2. The standard InChI is InChI=1S/C13H16BrClN2O2S/c14-11-3-2-9(5-12(11)15)20(18,19)17-6-8-1-4-13(16)10(8)7-17/h2-3,5,8,10,13H,1,4,6-7,16H2. The number of fused-ring (bicyclic) bond motifs is 1. The number of sulfonamides is 1. The maximum Gasteiger partial charge on any atom is 0.243 e. The highest BCUT2D eigenvalue weighted by atomic mass is 79.9. The van der Waals surface area contributed by atoms with Crippen LogP contribution in [-0.2, 0) is 10.0 Å². The van der Waals surface area contributed by atoms with Crippen LogP contribution in [0.3, 0.4) is 0 Å². The zero-order valence-corrected chi connectivity index (χ0v) is 14.0. The minimum Gasteiger partial charge on any atom is -0.327 e. The van der Waals surface area contributed by atoms with Crippen LogP contribution in [0.2, 0.25) is 5.02 Å². The number of hydrogen-bond acceptors (Lipinski definition) is 3. The van der Waals surface area contributed by atoms with Crippen molar-refractivity contribution in [2.75, 3.05) is 13.1 Å². The first kappa shape index (κ1) is 14.8. The zero-order chi connectivity index (χ0) is 14.5. The molecule has 1 aromatic carbocycles. The summed E-state index contributed by atoms with van der Waals surface area (Å²) in [5.74, 6) is 0.710. The SMILES string of the molecule is NC1CCC2CN(S(=O)(=O)c3ccc(Br)c(Cl)c3)CC12. The van der Waals surface area contributed by atoms with Crippen molar-refractivity contribution < 1.29 is 8.42 Å². The van der Waals surface area contributed by atoms with Crippen LogP contribution < -0.4 is 5.73 Å². The smallest absolute Gasteiger partial charge is 0.243 e. The van der Waals surface area contributed by atoms with Crippen LogP contribution in [-0.4, -0.2) is 31.9 Å². The Balaban J connectivity index is 1.88. The molecule has 0 bridgehead atoms. The number of nitrogens with two attached hydrogens (primary N) is 1. The fourth-order valence-corrected chi connectivity index (χ4v) is 5.30. The molecule has 110 valence electrons. The molecule has 1 heterocycles. The van der Waals surface area contributed by atoms with Crippen molar-refractivity contribution in [2.24, 2.45) is 17.6 Å². The Morgan fingerprint density at radius 3 is 2.70 bits per heavy atom. The summed E-state index contributed by atoms with van der Waals surface area (Å²) in [7, 11) is -3.47. The van der Waals surface area contributed by atoms with Gasteiger partial charge >= 0.3 is 0 Å². The van der Waals surface area contributed by atoms with Crippen molar-refractivity contribution in [1.82, 2.24) is 4.31 Å². The molecule has 3 rings (SSSR count). The van der Waals surface area contributed by atoms with Gasteiger partial charge in [0.05, 0.1) is 9.92 Å². The number of rotatable bonds is 2. The highest BCUT2D eigenvalue weighted by molar-refractivity contribution is 9.10. The van der Waals surface area contributed by atoms with Crippen molar-refractivity contribution in [2.45, 2.75) is 23.8 Å². The van der Waals surface area contributed by atoms with E-state index in [9.17, 15) is 8.42 Å². The number of hydrogen-bond donors (Lipinski definition) is 1. The average Bonchev–Trinajstić information content (AvgIpc) is 2.96. The van der Waals surface area contributed by atoms with E-state index in [1.807, 2.05) is 0 Å². The van der Waals surface area contributed by atoms with Gasteiger partial charge in [0.15, 0.2) is 0 Å². The number of benzene rings is 1. The van der Waals surface area contributed by atoms with Crippen LogP contribution in [0, 0.1) is 11.8 Å². The lowest BCUT2D eigenvalue weighted by Gasteiger charge is -2.18. The summed E-state index contributed by atoms with van der Waals surface area (Å²) in [5, 5.41) is 0.405. The summed E-state index contributed by atoms with van der Waals surface area (Å²) >= 11 is 9.27. The Labute approximate surface area is 132 Å². The minimum atomic E-state index is -3.47. The molecule has 2 N–H and O–H groups in total. The van der Waals surface area contributed by atoms with Gasteiger partial charge in [0.25, 0.3) is 0 Å². The van der Waals surface area contributed by atoms with Crippen molar-refractivity contribution in [3.8, 4) is 0 Å². The molecule has 3 atom stereocenters. The monoisotopic (exact) mass is 378 g/mol. The second-order valence-corrected chi connectivity index (χ2v) is 8.76. The third-order valence-electron chi connectivity index (χ3n) is 4.41. The predicted octanol–water partition coefficient (Wildman–Crippen LogP) is 2.46. The lowest BCUT2D eigenvalue weighted by molar-refractivity contribution is 0.427. The normalized spacial score (nSPS) is 30.6. The minimum absolute atomic E-state index is 0.133. The molecule has 3 unspecified atom stereocenters. The Kier molecular flexibility index (Phi) is 3.88. The molecule has 20 heavy (non-hydrogen) atoms. The molecule has 4 nitrogen and oxygen atoms in total. The van der Waals surface area contributed by atoms with Crippen LogP contribution in [0.15, 0.2) is 27.6 Å². The molecule has 2 aliphatic rings. The molecular formula is C13H16BrClN2O2S. The Morgan fingerprint density at radius 1 is 1.30 bits per heavy atom. The second kappa shape index (κ2) is 5.25. The van der Waals surface area contributed by atoms with Gasteiger partial charge in [-0.3, -0.25) is 0 Å². The van der Waals surface area contributed by atoms with Gasteiger partial charge in [0, 0.05) is 23.6 Å². The first-order chi connectivity index (χ1) is 9.39. The summed E-state index contributed by atoms with van der Waals surface area (Å²) in [6.45, 7) is 1.11. The highest BCUT2D eigenvalue weighted by Crippen LogP contribution is 2.39. The molecule has 1 saturated heterocycles. The summed E-state index contributed by atoms with van der Waals surface area (Å²) < 4.78 is 27.5. The van der Waals surface area contributed by atoms with Gasteiger partial charge in [-0.2, -0.15) is 4.31 Å². The Morgan fingerprint density at radius 2 is 2.05 bits per heavy atom. The largest absolute Gasteiger partial charge is 0.327 e. The molecule has 0 spiro atoms. The fourth-order valence-electron chi connectivity index (χ4n) is 3.25. The molecule has 2 fully saturated rings. The van der Waals surface area contributed by atoms with E-state index >= 15 is 0 Å². The molecule has 7 heteroatoms. The average molecular weight is 380 g/mol. The molecule has 0 aromatic heterocycles. The van der Waals surface area contributed by atoms with E-state index in [4.69, 9.17) is 17.3 Å². The third kappa shape index (κ3) is 2.41. The lowest BCUT2D eigenvalue weighted by atomic mass is 9.98. The van der Waals surface area contributed by atoms with Gasteiger partial charge < -0.3 is 5.73 Å². The van der Waals surface area contributed by atoms with Crippen molar-refractivity contribution >= 4 is 37.6 Å². The van der Waals surface area contributed by atoms with Crippen LogP contribution in [0.5, 0.6) is 0 Å². The zero-order valence-electron chi connectivity index (χ0n) is 10.8. The van der Waals surface area contributed by atoms with E-state index in [1.165, 1.54) is 6.07 Å². The van der Waals surface area contributed by atoms with Crippen LogP contribution in [0.4, 0.5) is 0 Å². The van der Waals surface area contributed by atoms with Gasteiger partial charge in [-0.25, -0.2) is 8.42 Å². The maximum absolute atomic E-state index is 12.6. The summed E-state index contributed by atoms with van der Waals surface area (Å²) in [4.78, 5) is 0.249. The van der Waals surface area contributed by atoms with E-state index in [0.717, 1.165) is 12.8 Å². The fraction of sp³-hybridized carbons (Fsp3) is 0.538. The van der Waals surface area contributed by atoms with E-state index < -0.39 is 10.0 Å². The molecule has 1 aliphatic carbocycles. The topological polar surface area (TPSA) is 63.4 Å². The molecule has 1 aromatic rings. The lowest BCUT2D eigenvalue weighted by Crippen LogP contribution is -2.33. The van der Waals surface area contributed by atoms with Crippen molar-refractivity contribution in [1.29, 1.82) is 0 Å². The van der Waals surface area contributed by atoms with E-state index in [2.05, 4.69) is 15.9 Å². The number of nitrogens with zero attached hydrogens (tertiary/aromatic N) is 1.